The fourth-order valence-electron chi connectivity index (χ4n) is 3.29. The van der Waals surface area contributed by atoms with Crippen molar-refractivity contribution < 1.29 is 18.6 Å². The highest BCUT2D eigenvalue weighted by molar-refractivity contribution is 5.24. The lowest BCUT2D eigenvalue weighted by Crippen LogP contribution is -2.51. The lowest BCUT2D eigenvalue weighted by molar-refractivity contribution is -0.0166. The van der Waals surface area contributed by atoms with Gasteiger partial charge < -0.3 is 15.2 Å². The number of rotatable bonds is 6. The molecule has 0 aromatic heterocycles. The van der Waals surface area contributed by atoms with Crippen LogP contribution in [0.4, 0.5) is 8.78 Å². The van der Waals surface area contributed by atoms with E-state index in [9.17, 15) is 13.9 Å². The highest BCUT2D eigenvalue weighted by Gasteiger charge is 2.33. The SMILES string of the molecule is O[C@@H]1[C@@H](NCCc2ccccc2F)CCC[C@H]1Oc1ccccc1F. The molecule has 25 heavy (non-hydrogen) atoms. The van der Waals surface area contributed by atoms with Crippen LogP contribution in [-0.2, 0) is 6.42 Å². The summed E-state index contributed by atoms with van der Waals surface area (Å²) in [6.45, 7) is 0.565. The first-order chi connectivity index (χ1) is 12.1. The molecule has 0 saturated heterocycles. The van der Waals surface area contributed by atoms with E-state index in [0.717, 1.165) is 12.8 Å². The summed E-state index contributed by atoms with van der Waals surface area (Å²) in [5.74, 6) is -0.475. The summed E-state index contributed by atoms with van der Waals surface area (Å²) in [5.41, 5.74) is 0.652. The van der Waals surface area contributed by atoms with Gasteiger partial charge >= 0.3 is 0 Å². The van der Waals surface area contributed by atoms with Gasteiger partial charge in [0.1, 0.15) is 18.0 Å². The maximum atomic E-state index is 13.7. The molecule has 1 aliphatic carbocycles. The first-order valence-electron chi connectivity index (χ1n) is 8.71. The monoisotopic (exact) mass is 347 g/mol. The van der Waals surface area contributed by atoms with Gasteiger partial charge in [-0.05, 0) is 56.0 Å². The molecule has 0 amide bonds. The van der Waals surface area contributed by atoms with Gasteiger partial charge in [0, 0.05) is 6.04 Å². The lowest BCUT2D eigenvalue weighted by Gasteiger charge is -2.35. The number of hydrogen-bond donors (Lipinski definition) is 2. The van der Waals surface area contributed by atoms with Gasteiger partial charge in [-0.3, -0.25) is 0 Å². The van der Waals surface area contributed by atoms with Crippen LogP contribution in [0.1, 0.15) is 24.8 Å². The second-order valence-electron chi connectivity index (χ2n) is 6.41. The third kappa shape index (κ3) is 4.55. The van der Waals surface area contributed by atoms with E-state index in [1.54, 1.807) is 30.3 Å². The summed E-state index contributed by atoms with van der Waals surface area (Å²) in [4.78, 5) is 0. The van der Waals surface area contributed by atoms with Gasteiger partial charge in [-0.25, -0.2) is 8.78 Å². The number of aliphatic hydroxyl groups is 1. The third-order valence-electron chi connectivity index (χ3n) is 4.67. The van der Waals surface area contributed by atoms with Gasteiger partial charge in [0.05, 0.1) is 0 Å². The zero-order valence-electron chi connectivity index (χ0n) is 14.0. The van der Waals surface area contributed by atoms with E-state index in [1.807, 2.05) is 6.07 Å². The number of hydrogen-bond acceptors (Lipinski definition) is 3. The van der Waals surface area contributed by atoms with E-state index < -0.39 is 18.0 Å². The number of ether oxygens (including phenoxy) is 1. The number of aliphatic hydroxyl groups excluding tert-OH is 1. The van der Waals surface area contributed by atoms with Gasteiger partial charge in [0.2, 0.25) is 0 Å². The van der Waals surface area contributed by atoms with Crippen LogP contribution in [0.5, 0.6) is 5.75 Å². The molecule has 2 aromatic carbocycles. The zero-order chi connectivity index (χ0) is 17.6. The summed E-state index contributed by atoms with van der Waals surface area (Å²) in [6.07, 6.45) is 1.75. The molecule has 0 heterocycles. The quantitative estimate of drug-likeness (QED) is 0.841. The molecule has 0 spiro atoms. The summed E-state index contributed by atoms with van der Waals surface area (Å²) in [6, 6.07) is 12.8. The van der Waals surface area contributed by atoms with E-state index in [2.05, 4.69) is 5.32 Å². The Morgan fingerprint density at radius 3 is 2.48 bits per heavy atom. The fraction of sp³-hybridized carbons (Fsp3) is 0.400. The van der Waals surface area contributed by atoms with Crippen molar-refractivity contribution in [2.24, 2.45) is 0 Å². The van der Waals surface area contributed by atoms with Crippen molar-refractivity contribution in [2.75, 3.05) is 6.54 Å². The highest BCUT2D eigenvalue weighted by atomic mass is 19.1. The Kier molecular flexibility index (Phi) is 6.00. The van der Waals surface area contributed by atoms with Gasteiger partial charge in [0.15, 0.2) is 11.6 Å². The first-order valence-corrected chi connectivity index (χ1v) is 8.71. The van der Waals surface area contributed by atoms with Crippen molar-refractivity contribution in [2.45, 2.75) is 43.9 Å². The molecule has 3 nitrogen and oxygen atoms in total. The average molecular weight is 347 g/mol. The van der Waals surface area contributed by atoms with Crippen LogP contribution in [0.15, 0.2) is 48.5 Å². The van der Waals surface area contributed by atoms with E-state index in [0.29, 0.717) is 24.9 Å². The van der Waals surface area contributed by atoms with Crippen LogP contribution in [-0.4, -0.2) is 29.9 Å². The molecule has 3 rings (SSSR count). The van der Waals surface area contributed by atoms with Gasteiger partial charge in [-0.1, -0.05) is 30.3 Å². The van der Waals surface area contributed by atoms with E-state index in [-0.39, 0.29) is 17.6 Å². The van der Waals surface area contributed by atoms with Crippen LogP contribution in [0.3, 0.4) is 0 Å². The second kappa shape index (κ2) is 8.41. The highest BCUT2D eigenvalue weighted by Crippen LogP contribution is 2.26. The molecule has 0 unspecified atom stereocenters. The maximum absolute atomic E-state index is 13.7. The van der Waals surface area contributed by atoms with E-state index in [1.165, 1.54) is 12.1 Å². The van der Waals surface area contributed by atoms with Crippen molar-refractivity contribution in [1.82, 2.24) is 5.32 Å². The molecule has 2 N–H and O–H groups in total. The number of para-hydroxylation sites is 1. The van der Waals surface area contributed by atoms with Crippen molar-refractivity contribution in [3.63, 3.8) is 0 Å². The molecular formula is C20H23F2NO2. The molecule has 1 fully saturated rings. The van der Waals surface area contributed by atoms with Crippen LogP contribution in [0.25, 0.3) is 0 Å². The van der Waals surface area contributed by atoms with Crippen molar-refractivity contribution in [3.8, 4) is 5.75 Å². The predicted molar refractivity (Wildman–Crippen MR) is 92.6 cm³/mol. The standard InChI is InChI=1S/C20H23F2NO2/c21-15-7-2-1-6-14(15)12-13-23-17-9-5-11-19(20(17)24)25-18-10-4-3-8-16(18)22/h1-4,6-8,10,17,19-20,23-24H,5,9,11-13H2/t17-,19+,20+/m0/s1. The molecule has 1 saturated carbocycles. The van der Waals surface area contributed by atoms with Crippen molar-refractivity contribution in [3.05, 3.63) is 65.7 Å². The fourth-order valence-corrected chi connectivity index (χ4v) is 3.29. The minimum atomic E-state index is -0.728. The molecule has 134 valence electrons. The normalized spacial score (nSPS) is 23.4. The van der Waals surface area contributed by atoms with Gasteiger partial charge in [-0.15, -0.1) is 0 Å². The maximum Gasteiger partial charge on any atom is 0.165 e. The number of benzene rings is 2. The Labute approximate surface area is 146 Å². The van der Waals surface area contributed by atoms with Crippen molar-refractivity contribution in [1.29, 1.82) is 0 Å². The smallest absolute Gasteiger partial charge is 0.165 e. The topological polar surface area (TPSA) is 41.5 Å². The van der Waals surface area contributed by atoms with Gasteiger partial charge in [-0.2, -0.15) is 0 Å². The Balaban J connectivity index is 1.54. The van der Waals surface area contributed by atoms with Gasteiger partial charge in [0.25, 0.3) is 0 Å². The van der Waals surface area contributed by atoms with Crippen LogP contribution in [0, 0.1) is 11.6 Å². The molecule has 0 aliphatic heterocycles. The summed E-state index contributed by atoms with van der Waals surface area (Å²) in [5, 5.41) is 13.8. The summed E-state index contributed by atoms with van der Waals surface area (Å²) >= 11 is 0. The first kappa shape index (κ1) is 17.8. The number of halogens is 2. The Hall–Kier alpha value is -1.98. The molecular weight excluding hydrogens is 324 g/mol. The zero-order valence-corrected chi connectivity index (χ0v) is 14.0. The Bertz CT molecular complexity index is 695. The van der Waals surface area contributed by atoms with Crippen LogP contribution >= 0.6 is 0 Å². The largest absolute Gasteiger partial charge is 0.485 e. The average Bonchev–Trinajstić information content (AvgIpc) is 2.61. The molecule has 2 aromatic rings. The molecule has 0 radical (unpaired) electrons. The Morgan fingerprint density at radius 2 is 1.72 bits per heavy atom. The van der Waals surface area contributed by atoms with Crippen molar-refractivity contribution >= 4 is 0 Å². The van der Waals surface area contributed by atoms with E-state index >= 15 is 0 Å². The molecule has 3 atom stereocenters. The predicted octanol–water partition coefficient (Wildman–Crippen LogP) is 3.46. The minimum Gasteiger partial charge on any atom is -0.485 e. The Morgan fingerprint density at radius 1 is 1.00 bits per heavy atom. The summed E-state index contributed by atoms with van der Waals surface area (Å²) in [7, 11) is 0. The van der Waals surface area contributed by atoms with Crippen LogP contribution < -0.4 is 10.1 Å². The molecule has 5 heteroatoms. The molecule has 1 aliphatic rings. The lowest BCUT2D eigenvalue weighted by atomic mass is 9.89. The molecule has 0 bridgehead atoms. The number of nitrogens with one attached hydrogen (secondary N) is 1. The van der Waals surface area contributed by atoms with Crippen LogP contribution in [0.2, 0.25) is 0 Å². The van der Waals surface area contributed by atoms with E-state index in [4.69, 9.17) is 4.74 Å². The second-order valence-corrected chi connectivity index (χ2v) is 6.41. The minimum absolute atomic E-state index is 0.141. The summed E-state index contributed by atoms with van der Waals surface area (Å²) < 4.78 is 33.1. The third-order valence-corrected chi connectivity index (χ3v) is 4.67.